The van der Waals surface area contributed by atoms with Crippen molar-refractivity contribution >= 4 is 0 Å². The normalized spacial score (nSPS) is 20.7. The first-order valence-corrected chi connectivity index (χ1v) is 9.18. The second-order valence-electron chi connectivity index (χ2n) is 7.00. The van der Waals surface area contributed by atoms with Gasteiger partial charge in [0.05, 0.1) is 0 Å². The number of nitrogens with one attached hydrogen (secondary N) is 1. The van der Waals surface area contributed by atoms with Gasteiger partial charge in [0.15, 0.2) is 0 Å². The molecule has 2 heteroatoms. The Morgan fingerprint density at radius 2 is 1.65 bits per heavy atom. The van der Waals surface area contributed by atoms with Gasteiger partial charge < -0.3 is 5.32 Å². The molecule has 0 aromatic heterocycles. The summed E-state index contributed by atoms with van der Waals surface area (Å²) in [6.07, 6.45) is 12.8. The molecule has 0 bridgehead atoms. The molecule has 1 N–H and O–H groups in total. The fraction of sp³-hybridized carbons (Fsp3) is 1.00. The molecule has 1 saturated heterocycles. The summed E-state index contributed by atoms with van der Waals surface area (Å²) < 4.78 is 0. The average Bonchev–Trinajstić information content (AvgIpc) is 2.43. The minimum absolute atomic E-state index is 0.785. The van der Waals surface area contributed by atoms with E-state index in [9.17, 15) is 0 Å². The van der Waals surface area contributed by atoms with Crippen LogP contribution in [0.15, 0.2) is 0 Å². The van der Waals surface area contributed by atoms with Gasteiger partial charge in [-0.3, -0.25) is 4.90 Å². The smallest absolute Gasteiger partial charge is 0.0223 e. The molecule has 0 saturated carbocycles. The first-order chi connectivity index (χ1) is 9.74. The molecule has 0 aliphatic carbocycles. The van der Waals surface area contributed by atoms with Gasteiger partial charge in [-0.05, 0) is 25.3 Å². The van der Waals surface area contributed by atoms with E-state index in [0.717, 1.165) is 12.0 Å². The van der Waals surface area contributed by atoms with Crippen molar-refractivity contribution in [2.24, 2.45) is 5.92 Å². The Balaban J connectivity index is 2.03. The summed E-state index contributed by atoms with van der Waals surface area (Å²) in [5, 5.41) is 3.56. The van der Waals surface area contributed by atoms with Crippen LogP contribution in [-0.4, -0.2) is 37.1 Å². The topological polar surface area (TPSA) is 15.3 Å². The predicted molar refractivity (Wildman–Crippen MR) is 90.3 cm³/mol. The summed E-state index contributed by atoms with van der Waals surface area (Å²) in [6, 6.07) is 0.785. The number of piperazine rings is 1. The molecule has 120 valence electrons. The van der Waals surface area contributed by atoms with Gasteiger partial charge in [0, 0.05) is 25.7 Å². The van der Waals surface area contributed by atoms with Crippen LogP contribution in [0, 0.1) is 5.92 Å². The van der Waals surface area contributed by atoms with Crippen molar-refractivity contribution in [2.45, 2.75) is 84.6 Å². The van der Waals surface area contributed by atoms with E-state index in [4.69, 9.17) is 0 Å². The largest absolute Gasteiger partial charge is 0.314 e. The Morgan fingerprint density at radius 1 is 1.00 bits per heavy atom. The predicted octanol–water partition coefficient (Wildman–Crippen LogP) is 4.45. The van der Waals surface area contributed by atoms with E-state index in [0.29, 0.717) is 0 Å². The van der Waals surface area contributed by atoms with Crippen LogP contribution < -0.4 is 5.32 Å². The van der Waals surface area contributed by atoms with E-state index < -0.39 is 0 Å². The van der Waals surface area contributed by atoms with Crippen molar-refractivity contribution in [1.82, 2.24) is 10.2 Å². The Kier molecular flexibility index (Phi) is 10.4. The molecule has 0 amide bonds. The molecular weight excluding hydrogens is 244 g/mol. The maximum atomic E-state index is 3.56. The monoisotopic (exact) mass is 282 g/mol. The molecule has 1 fully saturated rings. The average molecular weight is 283 g/mol. The Morgan fingerprint density at radius 3 is 2.30 bits per heavy atom. The lowest BCUT2D eigenvalue weighted by atomic mass is 10.00. The lowest BCUT2D eigenvalue weighted by Crippen LogP contribution is -2.51. The Labute approximate surface area is 127 Å². The van der Waals surface area contributed by atoms with E-state index >= 15 is 0 Å². The number of hydrogen-bond acceptors (Lipinski definition) is 2. The van der Waals surface area contributed by atoms with Gasteiger partial charge in [0.1, 0.15) is 0 Å². The van der Waals surface area contributed by atoms with Crippen molar-refractivity contribution in [3.8, 4) is 0 Å². The van der Waals surface area contributed by atoms with E-state index in [1.54, 1.807) is 0 Å². The van der Waals surface area contributed by atoms with Crippen LogP contribution in [0.3, 0.4) is 0 Å². The summed E-state index contributed by atoms with van der Waals surface area (Å²) in [5.41, 5.74) is 0. The Bertz CT molecular complexity index is 215. The summed E-state index contributed by atoms with van der Waals surface area (Å²) >= 11 is 0. The maximum Gasteiger partial charge on any atom is 0.0223 e. The van der Waals surface area contributed by atoms with E-state index in [1.807, 2.05) is 0 Å². The number of hydrogen-bond donors (Lipinski definition) is 1. The standard InChI is InChI=1S/C18H38N2/c1-4-5-6-7-8-9-10-11-13-20-14-12-19-16-18(20)15-17(2)3/h17-19H,4-16H2,1-3H3. The van der Waals surface area contributed by atoms with Crippen molar-refractivity contribution in [1.29, 1.82) is 0 Å². The quantitative estimate of drug-likeness (QED) is 0.563. The van der Waals surface area contributed by atoms with E-state index in [1.165, 1.54) is 84.0 Å². The summed E-state index contributed by atoms with van der Waals surface area (Å²) in [7, 11) is 0. The van der Waals surface area contributed by atoms with Gasteiger partial charge >= 0.3 is 0 Å². The molecule has 1 unspecified atom stereocenters. The maximum absolute atomic E-state index is 3.56. The number of nitrogens with zero attached hydrogens (tertiary/aromatic N) is 1. The SMILES string of the molecule is CCCCCCCCCCN1CCNCC1CC(C)C. The molecule has 0 aromatic carbocycles. The molecule has 0 aromatic rings. The van der Waals surface area contributed by atoms with Crippen molar-refractivity contribution in [3.63, 3.8) is 0 Å². The van der Waals surface area contributed by atoms with Crippen LogP contribution in [0.4, 0.5) is 0 Å². The van der Waals surface area contributed by atoms with Gasteiger partial charge in [0.2, 0.25) is 0 Å². The van der Waals surface area contributed by atoms with Gasteiger partial charge in [-0.15, -0.1) is 0 Å². The fourth-order valence-electron chi connectivity index (χ4n) is 3.32. The van der Waals surface area contributed by atoms with E-state index in [2.05, 4.69) is 31.0 Å². The highest BCUT2D eigenvalue weighted by Crippen LogP contribution is 2.15. The summed E-state index contributed by atoms with van der Waals surface area (Å²) in [6.45, 7) is 12.0. The van der Waals surface area contributed by atoms with E-state index in [-0.39, 0.29) is 0 Å². The molecule has 2 nitrogen and oxygen atoms in total. The number of rotatable bonds is 11. The van der Waals surface area contributed by atoms with Crippen LogP contribution in [0.25, 0.3) is 0 Å². The van der Waals surface area contributed by atoms with Crippen LogP contribution >= 0.6 is 0 Å². The molecule has 1 atom stereocenters. The molecule has 1 heterocycles. The van der Waals surface area contributed by atoms with Gasteiger partial charge in [-0.1, -0.05) is 65.7 Å². The lowest BCUT2D eigenvalue weighted by Gasteiger charge is -2.37. The molecular formula is C18H38N2. The number of unbranched alkanes of at least 4 members (excludes halogenated alkanes) is 7. The fourth-order valence-corrected chi connectivity index (χ4v) is 3.32. The molecule has 0 radical (unpaired) electrons. The Hall–Kier alpha value is -0.0800. The zero-order chi connectivity index (χ0) is 14.6. The third-order valence-electron chi connectivity index (χ3n) is 4.51. The molecule has 1 aliphatic rings. The van der Waals surface area contributed by atoms with Crippen molar-refractivity contribution in [3.05, 3.63) is 0 Å². The molecule has 1 aliphatic heterocycles. The van der Waals surface area contributed by atoms with Crippen LogP contribution in [-0.2, 0) is 0 Å². The highest BCUT2D eigenvalue weighted by Gasteiger charge is 2.21. The highest BCUT2D eigenvalue weighted by atomic mass is 15.2. The van der Waals surface area contributed by atoms with Gasteiger partial charge in [-0.2, -0.15) is 0 Å². The minimum Gasteiger partial charge on any atom is -0.314 e. The second kappa shape index (κ2) is 11.6. The van der Waals surface area contributed by atoms with Gasteiger partial charge in [0.25, 0.3) is 0 Å². The van der Waals surface area contributed by atoms with Crippen LogP contribution in [0.5, 0.6) is 0 Å². The third kappa shape index (κ3) is 8.26. The molecule has 1 rings (SSSR count). The lowest BCUT2D eigenvalue weighted by molar-refractivity contribution is 0.139. The first kappa shape index (κ1) is 18.0. The molecule has 0 spiro atoms. The second-order valence-corrected chi connectivity index (χ2v) is 7.00. The van der Waals surface area contributed by atoms with Crippen molar-refractivity contribution < 1.29 is 0 Å². The van der Waals surface area contributed by atoms with Crippen molar-refractivity contribution in [2.75, 3.05) is 26.2 Å². The molecule has 20 heavy (non-hydrogen) atoms. The summed E-state index contributed by atoms with van der Waals surface area (Å²) in [5.74, 6) is 0.820. The third-order valence-corrected chi connectivity index (χ3v) is 4.51. The zero-order valence-corrected chi connectivity index (χ0v) is 14.3. The van der Waals surface area contributed by atoms with Crippen LogP contribution in [0.2, 0.25) is 0 Å². The highest BCUT2D eigenvalue weighted by molar-refractivity contribution is 4.80. The summed E-state index contributed by atoms with van der Waals surface area (Å²) in [4.78, 5) is 2.74. The minimum atomic E-state index is 0.785. The first-order valence-electron chi connectivity index (χ1n) is 9.18. The zero-order valence-electron chi connectivity index (χ0n) is 14.3. The van der Waals surface area contributed by atoms with Crippen LogP contribution in [0.1, 0.15) is 78.6 Å². The van der Waals surface area contributed by atoms with Gasteiger partial charge in [-0.25, -0.2) is 0 Å².